The van der Waals surface area contributed by atoms with E-state index in [1.807, 2.05) is 18.2 Å². The van der Waals surface area contributed by atoms with E-state index in [4.69, 9.17) is 23.2 Å². The molecule has 17 heavy (non-hydrogen) atoms. The smallest absolute Gasteiger partial charge is 0.126 e. The summed E-state index contributed by atoms with van der Waals surface area (Å²) < 4.78 is 0.785. The molecule has 0 saturated heterocycles. The number of hydrogen-bond acceptors (Lipinski definition) is 2. The number of nitrogens with one attached hydrogen (secondary N) is 1. The molecule has 1 aromatic carbocycles. The van der Waals surface area contributed by atoms with Gasteiger partial charge in [0.2, 0.25) is 0 Å². The summed E-state index contributed by atoms with van der Waals surface area (Å²) in [6, 6.07) is 5.84. The maximum Gasteiger partial charge on any atom is 0.126 e. The molecular weight excluding hydrogens is 323 g/mol. The summed E-state index contributed by atoms with van der Waals surface area (Å²) in [7, 11) is 0. The Morgan fingerprint density at radius 1 is 1.29 bits per heavy atom. The van der Waals surface area contributed by atoms with E-state index in [1.165, 1.54) is 0 Å². The number of anilines is 1. The van der Waals surface area contributed by atoms with Crippen molar-refractivity contribution in [2.75, 3.05) is 11.9 Å². The quantitative estimate of drug-likeness (QED) is 0.788. The first-order chi connectivity index (χ1) is 8.13. The van der Waals surface area contributed by atoms with Crippen LogP contribution in [0.1, 0.15) is 13.3 Å². The molecule has 0 radical (unpaired) electrons. The summed E-state index contributed by atoms with van der Waals surface area (Å²) in [6.45, 7) is 3.00. The van der Waals surface area contributed by atoms with Crippen LogP contribution in [0, 0.1) is 0 Å². The molecule has 5 heteroatoms. The van der Waals surface area contributed by atoms with Crippen LogP contribution in [-0.4, -0.2) is 11.5 Å². The highest BCUT2D eigenvalue weighted by atomic mass is 79.9. The lowest BCUT2D eigenvalue weighted by molar-refractivity contribution is 0.972. The van der Waals surface area contributed by atoms with E-state index >= 15 is 0 Å². The van der Waals surface area contributed by atoms with Gasteiger partial charge in [-0.25, -0.2) is 4.98 Å². The van der Waals surface area contributed by atoms with Crippen LogP contribution < -0.4 is 5.32 Å². The van der Waals surface area contributed by atoms with Crippen molar-refractivity contribution in [1.82, 2.24) is 4.98 Å². The third-order valence-corrected chi connectivity index (χ3v) is 4.09. The lowest BCUT2D eigenvalue weighted by Crippen LogP contribution is -2.01. The largest absolute Gasteiger partial charge is 0.370 e. The molecule has 2 aromatic rings. The number of halogens is 3. The standard InChI is InChI=1S/C12H11BrCl2N2/c1-2-5-16-9-4-3-7-6-8(13)10(14)11(15)12(7)17-9/h3-4,6H,2,5H2,1H3,(H,16,17). The average molecular weight is 334 g/mol. The van der Waals surface area contributed by atoms with E-state index in [0.717, 1.165) is 34.2 Å². The molecule has 0 saturated carbocycles. The number of hydrogen-bond donors (Lipinski definition) is 1. The molecular formula is C12H11BrCl2N2. The third kappa shape index (κ3) is 2.67. The van der Waals surface area contributed by atoms with Crippen molar-refractivity contribution in [3.63, 3.8) is 0 Å². The molecule has 2 rings (SSSR count). The Kier molecular flexibility index (Phi) is 4.13. The lowest BCUT2D eigenvalue weighted by atomic mass is 10.2. The second kappa shape index (κ2) is 5.42. The van der Waals surface area contributed by atoms with Crippen LogP contribution in [0.5, 0.6) is 0 Å². The van der Waals surface area contributed by atoms with Crippen LogP contribution >= 0.6 is 39.1 Å². The molecule has 1 N–H and O–H groups in total. The minimum atomic E-state index is 0.483. The molecule has 0 bridgehead atoms. The third-order valence-electron chi connectivity index (χ3n) is 2.38. The van der Waals surface area contributed by atoms with Crippen molar-refractivity contribution < 1.29 is 0 Å². The van der Waals surface area contributed by atoms with Gasteiger partial charge in [-0.2, -0.15) is 0 Å². The minimum absolute atomic E-state index is 0.483. The first kappa shape index (κ1) is 12.9. The van der Waals surface area contributed by atoms with Gasteiger partial charge >= 0.3 is 0 Å². The zero-order valence-corrected chi connectivity index (χ0v) is 12.3. The topological polar surface area (TPSA) is 24.9 Å². The summed E-state index contributed by atoms with van der Waals surface area (Å²) in [6.07, 6.45) is 1.05. The van der Waals surface area contributed by atoms with Crippen molar-refractivity contribution in [3.8, 4) is 0 Å². The fourth-order valence-electron chi connectivity index (χ4n) is 1.52. The molecule has 0 aliphatic rings. The predicted molar refractivity (Wildman–Crippen MR) is 78.2 cm³/mol. The molecule has 0 atom stereocenters. The molecule has 0 unspecified atom stereocenters. The molecule has 0 aliphatic carbocycles. The number of benzene rings is 1. The van der Waals surface area contributed by atoms with E-state index in [2.05, 4.69) is 33.2 Å². The van der Waals surface area contributed by atoms with Crippen molar-refractivity contribution in [1.29, 1.82) is 0 Å². The fourth-order valence-corrected chi connectivity index (χ4v) is 2.48. The van der Waals surface area contributed by atoms with Gasteiger partial charge in [-0.05, 0) is 40.5 Å². The summed E-state index contributed by atoms with van der Waals surface area (Å²) in [4.78, 5) is 4.47. The van der Waals surface area contributed by atoms with Crippen LogP contribution in [0.2, 0.25) is 10.0 Å². The lowest BCUT2D eigenvalue weighted by Gasteiger charge is -2.08. The van der Waals surface area contributed by atoms with Crippen LogP contribution in [0.25, 0.3) is 10.9 Å². The Morgan fingerprint density at radius 2 is 2.06 bits per heavy atom. The number of rotatable bonds is 3. The van der Waals surface area contributed by atoms with Crippen molar-refractivity contribution in [2.45, 2.75) is 13.3 Å². The minimum Gasteiger partial charge on any atom is -0.370 e. The summed E-state index contributed by atoms with van der Waals surface area (Å²) in [5, 5.41) is 5.17. The molecule has 0 aliphatic heterocycles. The number of pyridine rings is 1. The highest BCUT2D eigenvalue weighted by Gasteiger charge is 2.10. The van der Waals surface area contributed by atoms with Gasteiger partial charge in [-0.15, -0.1) is 0 Å². The van der Waals surface area contributed by atoms with E-state index in [9.17, 15) is 0 Å². The molecule has 0 amide bonds. The first-order valence-electron chi connectivity index (χ1n) is 5.31. The Hall–Kier alpha value is -0.510. The van der Waals surface area contributed by atoms with Gasteiger partial charge in [0, 0.05) is 16.4 Å². The molecule has 1 aromatic heterocycles. The van der Waals surface area contributed by atoms with Gasteiger partial charge in [0.15, 0.2) is 0 Å². The Labute approximate surface area is 118 Å². The van der Waals surface area contributed by atoms with Crippen molar-refractivity contribution >= 4 is 55.9 Å². The van der Waals surface area contributed by atoms with Crippen molar-refractivity contribution in [2.24, 2.45) is 0 Å². The van der Waals surface area contributed by atoms with Gasteiger partial charge in [-0.3, -0.25) is 0 Å². The molecule has 2 nitrogen and oxygen atoms in total. The van der Waals surface area contributed by atoms with Crippen LogP contribution in [0.15, 0.2) is 22.7 Å². The summed E-state index contributed by atoms with van der Waals surface area (Å²) >= 11 is 15.6. The van der Waals surface area contributed by atoms with E-state index in [-0.39, 0.29) is 0 Å². The second-order valence-corrected chi connectivity index (χ2v) is 5.29. The van der Waals surface area contributed by atoms with E-state index in [1.54, 1.807) is 0 Å². The van der Waals surface area contributed by atoms with Crippen LogP contribution in [0.3, 0.4) is 0 Å². The fraction of sp³-hybridized carbons (Fsp3) is 0.250. The monoisotopic (exact) mass is 332 g/mol. The van der Waals surface area contributed by atoms with Crippen LogP contribution in [0.4, 0.5) is 5.82 Å². The maximum absolute atomic E-state index is 6.19. The highest BCUT2D eigenvalue weighted by molar-refractivity contribution is 9.10. The normalized spacial score (nSPS) is 10.8. The number of aromatic nitrogens is 1. The SMILES string of the molecule is CCCNc1ccc2cc(Br)c(Cl)c(Cl)c2n1. The van der Waals surface area contributed by atoms with Gasteiger partial charge in [0.05, 0.1) is 15.6 Å². The average Bonchev–Trinajstić information content (AvgIpc) is 2.34. The van der Waals surface area contributed by atoms with Gasteiger partial charge in [0.1, 0.15) is 5.82 Å². The van der Waals surface area contributed by atoms with Crippen LogP contribution in [-0.2, 0) is 0 Å². The summed E-state index contributed by atoms with van der Waals surface area (Å²) in [5.74, 6) is 0.819. The highest BCUT2D eigenvalue weighted by Crippen LogP contribution is 2.36. The van der Waals surface area contributed by atoms with Crippen molar-refractivity contribution in [3.05, 3.63) is 32.7 Å². The first-order valence-corrected chi connectivity index (χ1v) is 6.86. The molecule has 90 valence electrons. The van der Waals surface area contributed by atoms with E-state index in [0.29, 0.717) is 10.0 Å². The maximum atomic E-state index is 6.19. The predicted octanol–water partition coefficient (Wildman–Crippen LogP) is 5.13. The van der Waals surface area contributed by atoms with Gasteiger partial charge in [0.25, 0.3) is 0 Å². The molecule has 1 heterocycles. The molecule has 0 fully saturated rings. The van der Waals surface area contributed by atoms with Gasteiger partial charge in [-0.1, -0.05) is 30.1 Å². The second-order valence-electron chi connectivity index (χ2n) is 3.68. The number of fused-ring (bicyclic) bond motifs is 1. The summed E-state index contributed by atoms with van der Waals surface area (Å²) in [5.41, 5.74) is 0.723. The molecule has 0 spiro atoms. The zero-order valence-electron chi connectivity index (χ0n) is 9.23. The van der Waals surface area contributed by atoms with Gasteiger partial charge < -0.3 is 5.32 Å². The zero-order chi connectivity index (χ0) is 12.4. The number of nitrogens with zero attached hydrogens (tertiary/aromatic N) is 1. The Morgan fingerprint density at radius 3 is 2.76 bits per heavy atom. The Balaban J connectivity index is 2.53. The Bertz CT molecular complexity index is 558. The van der Waals surface area contributed by atoms with E-state index < -0.39 is 0 Å².